The first kappa shape index (κ1) is 28.3. The van der Waals surface area contributed by atoms with Crippen molar-refractivity contribution in [1.29, 1.82) is 0 Å². The number of nitro benzene ring substituents is 1. The van der Waals surface area contributed by atoms with Gasteiger partial charge in [0, 0.05) is 31.0 Å². The van der Waals surface area contributed by atoms with Gasteiger partial charge in [0.25, 0.3) is 5.69 Å². The molecule has 1 aromatic rings. The van der Waals surface area contributed by atoms with Gasteiger partial charge < -0.3 is 14.0 Å². The van der Waals surface area contributed by atoms with Crippen LogP contribution in [0.3, 0.4) is 0 Å². The van der Waals surface area contributed by atoms with E-state index in [-0.39, 0.29) is 35.0 Å². The fourth-order valence-electron chi connectivity index (χ4n) is 3.65. The lowest BCUT2D eigenvalue weighted by Gasteiger charge is -2.45. The molecule has 1 fully saturated rings. The van der Waals surface area contributed by atoms with Gasteiger partial charge in [-0.2, -0.15) is 0 Å². The van der Waals surface area contributed by atoms with Crippen molar-refractivity contribution in [3.63, 3.8) is 0 Å². The number of carbonyl (C=O) groups excluding carboxylic acids is 2. The zero-order valence-electron chi connectivity index (χ0n) is 20.7. The molecule has 2 unspecified atom stereocenters. The summed E-state index contributed by atoms with van der Waals surface area (Å²) in [5.74, 6) is -0.160. The van der Waals surface area contributed by atoms with Crippen LogP contribution in [-0.4, -0.2) is 61.4 Å². The minimum absolute atomic E-state index is 0.00814. The van der Waals surface area contributed by atoms with Crippen molar-refractivity contribution in [2.75, 3.05) is 31.2 Å². The van der Waals surface area contributed by atoms with E-state index in [1.807, 2.05) is 5.06 Å². The van der Waals surface area contributed by atoms with Crippen LogP contribution in [0.5, 0.6) is 0 Å². The van der Waals surface area contributed by atoms with Crippen molar-refractivity contribution >= 4 is 37.7 Å². The molecular weight excluding hydrogens is 476 g/mol. The first-order valence-corrected chi connectivity index (χ1v) is 15.2. The number of hydroxylamine groups is 2. The summed E-state index contributed by atoms with van der Waals surface area (Å²) in [6.07, 6.45) is 2.11. The summed E-state index contributed by atoms with van der Waals surface area (Å²) < 4.78 is 17.3. The van der Waals surface area contributed by atoms with Crippen LogP contribution < -0.4 is 0 Å². The Morgan fingerprint density at radius 3 is 2.32 bits per heavy atom. The zero-order valence-corrected chi connectivity index (χ0v) is 22.5. The van der Waals surface area contributed by atoms with Crippen molar-refractivity contribution in [3.05, 3.63) is 39.9 Å². The van der Waals surface area contributed by atoms with Crippen molar-refractivity contribution in [2.24, 2.45) is 0 Å². The third-order valence-corrected chi connectivity index (χ3v) is 12.9. The fraction of sp³-hybridized carbons (Fsp3) is 0.652. The van der Waals surface area contributed by atoms with Crippen molar-refractivity contribution in [1.82, 2.24) is 5.06 Å². The highest BCUT2D eigenvalue weighted by Crippen LogP contribution is 2.47. The van der Waals surface area contributed by atoms with Crippen molar-refractivity contribution in [3.8, 4) is 0 Å². The predicted octanol–water partition coefficient (Wildman–Crippen LogP) is 4.71. The molecule has 9 nitrogen and oxygen atoms in total. The highest BCUT2D eigenvalue weighted by Gasteiger charge is 2.54. The number of carbonyl (C=O) groups is 2. The Balaban J connectivity index is 2.20. The molecule has 1 heterocycles. The number of non-ortho nitro benzene ring substituents is 1. The van der Waals surface area contributed by atoms with Crippen molar-refractivity contribution < 1.29 is 28.5 Å². The number of benzene rings is 1. The van der Waals surface area contributed by atoms with Crippen LogP contribution in [0.25, 0.3) is 0 Å². The molecular formula is C23H36N2O7SSi. The normalized spacial score (nSPS) is 17.1. The average molecular weight is 513 g/mol. The van der Waals surface area contributed by atoms with Gasteiger partial charge in [-0.05, 0) is 49.0 Å². The van der Waals surface area contributed by atoms with Gasteiger partial charge in [0.2, 0.25) is 8.32 Å². The van der Waals surface area contributed by atoms with Crippen LogP contribution in [0.1, 0.15) is 46.1 Å². The van der Waals surface area contributed by atoms with Crippen LogP contribution in [-0.2, 0) is 30.2 Å². The van der Waals surface area contributed by atoms with Crippen LogP contribution in [0.2, 0.25) is 17.1 Å². The van der Waals surface area contributed by atoms with Gasteiger partial charge in [-0.3, -0.25) is 19.7 Å². The molecule has 0 N–H and O–H groups in total. The maximum atomic E-state index is 13.4. The Bertz CT molecular complexity index is 841. The van der Waals surface area contributed by atoms with Gasteiger partial charge >= 0.3 is 11.9 Å². The SMILES string of the molecule is CCOC(=O)CSCC(C(=O)OCc1ccc([N+](=O)[O-])cc1)[Si](C)(ON1CCCC1)C(C)(C)C. The first-order valence-electron chi connectivity index (χ1n) is 11.6. The summed E-state index contributed by atoms with van der Waals surface area (Å²) >= 11 is 1.35. The molecule has 0 aromatic heterocycles. The third-order valence-electron chi connectivity index (χ3n) is 6.16. The molecule has 0 bridgehead atoms. The second kappa shape index (κ2) is 12.7. The molecule has 1 aliphatic heterocycles. The Morgan fingerprint density at radius 1 is 1.18 bits per heavy atom. The number of esters is 2. The molecule has 34 heavy (non-hydrogen) atoms. The maximum absolute atomic E-state index is 13.4. The number of nitro groups is 1. The van der Waals surface area contributed by atoms with Gasteiger partial charge in [0.05, 0.1) is 22.8 Å². The standard InChI is InChI=1S/C23H36N2O7SSi/c1-6-30-21(26)17-33-16-20(34(5,23(2,3)4)32-24-13-7-8-14-24)22(27)31-15-18-9-11-19(12-10-18)25(28)29/h9-12,20H,6-8,13-17H2,1-5H3. The largest absolute Gasteiger partial charge is 0.465 e. The van der Waals surface area contributed by atoms with E-state index in [1.54, 1.807) is 19.1 Å². The Kier molecular flexibility index (Phi) is 10.5. The molecule has 2 rings (SSSR count). The summed E-state index contributed by atoms with van der Waals surface area (Å²) in [5.41, 5.74) is 0.122. The Labute approximate surface area is 206 Å². The zero-order chi connectivity index (χ0) is 25.4. The number of ether oxygens (including phenoxy) is 2. The van der Waals surface area contributed by atoms with Crippen LogP contribution in [0.4, 0.5) is 5.69 Å². The van der Waals surface area contributed by atoms with E-state index < -0.39 is 18.8 Å². The molecule has 11 heteroatoms. The molecule has 0 aliphatic carbocycles. The maximum Gasteiger partial charge on any atom is 0.315 e. The minimum atomic E-state index is -2.77. The smallest absolute Gasteiger partial charge is 0.315 e. The van der Waals surface area contributed by atoms with Gasteiger partial charge in [0.1, 0.15) is 6.61 Å². The average Bonchev–Trinajstić information content (AvgIpc) is 3.27. The minimum Gasteiger partial charge on any atom is -0.465 e. The van der Waals surface area contributed by atoms with Crippen LogP contribution in [0, 0.1) is 10.1 Å². The van der Waals surface area contributed by atoms with E-state index in [4.69, 9.17) is 14.0 Å². The molecule has 0 amide bonds. The molecule has 1 saturated heterocycles. The van der Waals surface area contributed by atoms with E-state index in [9.17, 15) is 19.7 Å². The molecule has 1 aliphatic rings. The monoisotopic (exact) mass is 512 g/mol. The van der Waals surface area contributed by atoms with Crippen molar-refractivity contribution in [2.45, 2.75) is 64.3 Å². The Hall–Kier alpha value is -1.95. The molecule has 1 aromatic carbocycles. The highest BCUT2D eigenvalue weighted by atomic mass is 32.2. The lowest BCUT2D eigenvalue weighted by atomic mass is 10.2. The van der Waals surface area contributed by atoms with E-state index >= 15 is 0 Å². The number of rotatable bonds is 12. The topological polar surface area (TPSA) is 108 Å². The molecule has 0 spiro atoms. The fourth-order valence-corrected chi connectivity index (χ4v) is 8.72. The summed E-state index contributed by atoms with van der Waals surface area (Å²) in [7, 11) is -2.77. The summed E-state index contributed by atoms with van der Waals surface area (Å²) in [4.78, 5) is 35.7. The number of hydrogen-bond acceptors (Lipinski definition) is 9. The predicted molar refractivity (Wildman–Crippen MR) is 134 cm³/mol. The summed E-state index contributed by atoms with van der Waals surface area (Å²) in [6.45, 7) is 12.1. The van der Waals surface area contributed by atoms with E-state index in [2.05, 4.69) is 27.3 Å². The van der Waals surface area contributed by atoms with Gasteiger partial charge in [0.15, 0.2) is 0 Å². The first-order chi connectivity index (χ1) is 16.0. The number of nitrogens with zero attached hydrogens (tertiary/aromatic N) is 2. The van der Waals surface area contributed by atoms with E-state index in [1.165, 1.54) is 23.9 Å². The van der Waals surface area contributed by atoms with E-state index in [0.29, 0.717) is 17.9 Å². The molecule has 190 valence electrons. The van der Waals surface area contributed by atoms with Crippen LogP contribution in [0.15, 0.2) is 24.3 Å². The number of hydrogen-bond donors (Lipinski definition) is 0. The molecule has 0 radical (unpaired) electrons. The molecule has 0 saturated carbocycles. The van der Waals surface area contributed by atoms with Gasteiger partial charge in [-0.1, -0.05) is 20.8 Å². The summed E-state index contributed by atoms with van der Waals surface area (Å²) in [6, 6.07) is 5.94. The lowest BCUT2D eigenvalue weighted by Crippen LogP contribution is -2.55. The second-order valence-electron chi connectivity index (χ2n) is 9.49. The quantitative estimate of drug-likeness (QED) is 0.170. The highest BCUT2D eigenvalue weighted by molar-refractivity contribution is 8.00. The second-order valence-corrected chi connectivity index (χ2v) is 15.1. The third kappa shape index (κ3) is 7.79. The van der Waals surface area contributed by atoms with Crippen LogP contribution >= 0.6 is 11.8 Å². The van der Waals surface area contributed by atoms with E-state index in [0.717, 1.165) is 25.9 Å². The van der Waals surface area contributed by atoms with Gasteiger partial charge in [-0.25, -0.2) is 5.06 Å². The lowest BCUT2D eigenvalue weighted by molar-refractivity contribution is -0.384. The van der Waals surface area contributed by atoms with Gasteiger partial charge in [-0.15, -0.1) is 11.8 Å². The summed E-state index contributed by atoms with van der Waals surface area (Å²) in [5, 5.41) is 12.6. The number of thioether (sulfide) groups is 1. The molecule has 2 atom stereocenters. The Morgan fingerprint density at radius 2 is 1.79 bits per heavy atom.